The summed E-state index contributed by atoms with van der Waals surface area (Å²) in [6, 6.07) is 0.248. The second-order valence-electron chi connectivity index (χ2n) is 16.0. The van der Waals surface area contributed by atoms with Crippen molar-refractivity contribution in [3.05, 3.63) is 0 Å². The molecule has 0 aromatic carbocycles. The quantitative estimate of drug-likeness (QED) is 0.0435. The average Bonchev–Trinajstić information content (AvgIpc) is 3.84. The maximum absolute atomic E-state index is 11.4. The van der Waals surface area contributed by atoms with E-state index in [2.05, 4.69) is 17.6 Å². The SMILES string of the molecule is CCCCCCCCCCCCCC[C@@H](O)[C@@H](O)[C@H](COC1OC(CO)C(O)C(O)C1O)C1NCC(CCCCCCCCCCC2CC2)N1. The fourth-order valence-corrected chi connectivity index (χ4v) is 7.85. The Balaban J connectivity index is 1.38. The van der Waals surface area contributed by atoms with Crippen LogP contribution in [-0.4, -0.2) is 106 Å². The predicted molar refractivity (Wildman–Crippen MR) is 199 cm³/mol. The molecule has 1 aliphatic carbocycles. The van der Waals surface area contributed by atoms with Crippen molar-refractivity contribution in [1.82, 2.24) is 10.6 Å². The minimum absolute atomic E-state index is 0.0581. The van der Waals surface area contributed by atoms with Crippen molar-refractivity contribution < 1.29 is 40.1 Å². The first-order valence-electron chi connectivity index (χ1n) is 21.1. The number of unbranched alkanes of at least 4 members (excludes halogenated alkanes) is 18. The normalized spacial score (nSPS) is 29.0. The second-order valence-corrected chi connectivity index (χ2v) is 16.0. The van der Waals surface area contributed by atoms with Crippen molar-refractivity contribution in [3.8, 4) is 0 Å². The zero-order valence-corrected chi connectivity index (χ0v) is 31.6. The van der Waals surface area contributed by atoms with Gasteiger partial charge in [-0.25, -0.2) is 0 Å². The number of aliphatic hydroxyl groups is 6. The van der Waals surface area contributed by atoms with Gasteiger partial charge >= 0.3 is 0 Å². The van der Waals surface area contributed by atoms with Gasteiger partial charge in [-0.05, 0) is 18.8 Å². The molecule has 0 radical (unpaired) electrons. The highest BCUT2D eigenvalue weighted by Crippen LogP contribution is 2.34. The van der Waals surface area contributed by atoms with E-state index in [1.54, 1.807) is 0 Å². The third-order valence-electron chi connectivity index (χ3n) is 11.5. The molecule has 0 spiro atoms. The highest BCUT2D eigenvalue weighted by molar-refractivity contribution is 4.93. The molecule has 1 saturated carbocycles. The number of hydrogen-bond donors (Lipinski definition) is 8. The zero-order valence-electron chi connectivity index (χ0n) is 31.6. The van der Waals surface area contributed by atoms with Crippen LogP contribution >= 0.6 is 0 Å². The topological polar surface area (TPSA) is 164 Å². The van der Waals surface area contributed by atoms with Gasteiger partial charge in [-0.2, -0.15) is 0 Å². The standard InChI is InChI=1S/C40H78N2O8/c1-2-3-4-5-6-7-8-9-10-15-18-21-24-33(44)35(45)32(29-49-40-38(48)37(47)36(46)34(28-43)50-40)39-41-27-31(42-39)23-20-17-14-12-11-13-16-19-22-30-25-26-30/h30-48H,2-29H2,1H3/t31?,32-,33+,34?,35-,36?,37?,38?,39?,40?/m0/s1. The molecule has 2 aliphatic heterocycles. The first kappa shape index (κ1) is 44.0. The Labute approximate surface area is 304 Å². The van der Waals surface area contributed by atoms with Gasteiger partial charge in [-0.3, -0.25) is 10.6 Å². The molecule has 7 unspecified atom stereocenters. The molecule has 10 nitrogen and oxygen atoms in total. The highest BCUT2D eigenvalue weighted by atomic mass is 16.7. The molecule has 3 fully saturated rings. The maximum Gasteiger partial charge on any atom is 0.186 e. The van der Waals surface area contributed by atoms with Crippen LogP contribution in [0.4, 0.5) is 0 Å². The molecule has 3 aliphatic rings. The molecule has 50 heavy (non-hydrogen) atoms. The minimum atomic E-state index is -1.54. The van der Waals surface area contributed by atoms with Crippen LogP contribution in [0, 0.1) is 11.8 Å². The zero-order chi connectivity index (χ0) is 36.0. The van der Waals surface area contributed by atoms with E-state index in [4.69, 9.17) is 9.47 Å². The van der Waals surface area contributed by atoms with Crippen LogP contribution in [-0.2, 0) is 9.47 Å². The van der Waals surface area contributed by atoms with Crippen molar-refractivity contribution in [2.75, 3.05) is 19.8 Å². The van der Waals surface area contributed by atoms with Gasteiger partial charge in [-0.1, -0.05) is 155 Å². The van der Waals surface area contributed by atoms with Crippen LogP contribution in [0.25, 0.3) is 0 Å². The number of aliphatic hydroxyl groups excluding tert-OH is 6. The monoisotopic (exact) mass is 715 g/mol. The van der Waals surface area contributed by atoms with Gasteiger partial charge in [0.05, 0.1) is 31.6 Å². The van der Waals surface area contributed by atoms with Crippen molar-refractivity contribution in [3.63, 3.8) is 0 Å². The van der Waals surface area contributed by atoms with E-state index in [0.717, 1.165) is 44.6 Å². The van der Waals surface area contributed by atoms with E-state index in [1.165, 1.54) is 122 Å². The summed E-state index contributed by atoms with van der Waals surface area (Å²) in [4.78, 5) is 0. The molecule has 296 valence electrons. The van der Waals surface area contributed by atoms with Gasteiger partial charge in [0, 0.05) is 18.5 Å². The summed E-state index contributed by atoms with van der Waals surface area (Å²) in [5, 5.41) is 70.1. The maximum atomic E-state index is 11.4. The lowest BCUT2D eigenvalue weighted by Crippen LogP contribution is -2.60. The molecule has 3 rings (SSSR count). The molecule has 8 N–H and O–H groups in total. The Hall–Kier alpha value is -0.400. The lowest BCUT2D eigenvalue weighted by molar-refractivity contribution is -0.305. The Bertz CT molecular complexity index is 820. The summed E-state index contributed by atoms with van der Waals surface area (Å²) in [5.74, 6) is 0.496. The second kappa shape index (κ2) is 26.4. The predicted octanol–water partition coefficient (Wildman–Crippen LogP) is 5.43. The van der Waals surface area contributed by atoms with Crippen molar-refractivity contribution in [2.24, 2.45) is 11.8 Å². The molecule has 10 atom stereocenters. The van der Waals surface area contributed by atoms with Gasteiger partial charge in [0.25, 0.3) is 0 Å². The lowest BCUT2D eigenvalue weighted by Gasteiger charge is -2.40. The summed E-state index contributed by atoms with van der Waals surface area (Å²) in [6.45, 7) is 2.41. The first-order chi connectivity index (χ1) is 24.3. The van der Waals surface area contributed by atoms with Crippen LogP contribution in [0.1, 0.15) is 167 Å². The summed E-state index contributed by atoms with van der Waals surface area (Å²) in [6.07, 6.45) is 21.9. The van der Waals surface area contributed by atoms with Gasteiger partial charge in [0.2, 0.25) is 0 Å². The van der Waals surface area contributed by atoms with E-state index >= 15 is 0 Å². The summed E-state index contributed by atoms with van der Waals surface area (Å²) < 4.78 is 11.5. The Morgan fingerprint density at radius 1 is 0.680 bits per heavy atom. The summed E-state index contributed by atoms with van der Waals surface area (Å²) in [7, 11) is 0. The molecule has 2 saturated heterocycles. The Morgan fingerprint density at radius 3 is 1.78 bits per heavy atom. The number of hydrogen-bond acceptors (Lipinski definition) is 10. The van der Waals surface area contributed by atoms with E-state index in [-0.39, 0.29) is 18.8 Å². The fourth-order valence-electron chi connectivity index (χ4n) is 7.85. The van der Waals surface area contributed by atoms with E-state index in [1.807, 2.05) is 0 Å². The van der Waals surface area contributed by atoms with Crippen molar-refractivity contribution in [1.29, 1.82) is 0 Å². The van der Waals surface area contributed by atoms with Crippen LogP contribution in [0.3, 0.4) is 0 Å². The van der Waals surface area contributed by atoms with Crippen molar-refractivity contribution in [2.45, 2.75) is 223 Å². The molecule has 0 aromatic rings. The third-order valence-corrected chi connectivity index (χ3v) is 11.5. The van der Waals surface area contributed by atoms with E-state index in [9.17, 15) is 30.6 Å². The largest absolute Gasteiger partial charge is 0.394 e. The van der Waals surface area contributed by atoms with Crippen molar-refractivity contribution >= 4 is 0 Å². The van der Waals surface area contributed by atoms with Crippen LogP contribution in [0.15, 0.2) is 0 Å². The fraction of sp³-hybridized carbons (Fsp3) is 1.00. The first-order valence-corrected chi connectivity index (χ1v) is 21.1. The Morgan fingerprint density at radius 2 is 1.22 bits per heavy atom. The van der Waals surface area contributed by atoms with Gasteiger partial charge in [0.1, 0.15) is 24.4 Å². The van der Waals surface area contributed by atoms with Crippen LogP contribution in [0.5, 0.6) is 0 Å². The smallest absolute Gasteiger partial charge is 0.186 e. The van der Waals surface area contributed by atoms with Crippen LogP contribution < -0.4 is 10.6 Å². The van der Waals surface area contributed by atoms with Gasteiger partial charge in [0.15, 0.2) is 6.29 Å². The van der Waals surface area contributed by atoms with Gasteiger partial charge in [-0.15, -0.1) is 0 Å². The molecule has 10 heteroatoms. The number of ether oxygens (including phenoxy) is 2. The number of rotatable bonds is 31. The average molecular weight is 715 g/mol. The van der Waals surface area contributed by atoms with E-state index in [0.29, 0.717) is 6.42 Å². The van der Waals surface area contributed by atoms with Crippen LogP contribution in [0.2, 0.25) is 0 Å². The molecular weight excluding hydrogens is 636 g/mol. The molecular formula is C40H78N2O8. The number of nitrogens with one attached hydrogen (secondary N) is 2. The third kappa shape index (κ3) is 17.2. The molecule has 2 heterocycles. The minimum Gasteiger partial charge on any atom is -0.394 e. The highest BCUT2D eigenvalue weighted by Gasteiger charge is 2.45. The molecule has 0 amide bonds. The molecule has 0 bridgehead atoms. The molecule has 0 aromatic heterocycles. The van der Waals surface area contributed by atoms with Gasteiger partial charge < -0.3 is 40.1 Å². The summed E-state index contributed by atoms with van der Waals surface area (Å²) in [5.41, 5.74) is 0. The lowest BCUT2D eigenvalue weighted by atomic mass is 9.92. The Kier molecular flexibility index (Phi) is 23.2. The van der Waals surface area contributed by atoms with E-state index < -0.39 is 55.4 Å². The summed E-state index contributed by atoms with van der Waals surface area (Å²) >= 11 is 0.